The molecule has 1 N–H and O–H groups in total. The molecule has 1 amide bonds. The van der Waals surface area contributed by atoms with Gasteiger partial charge < -0.3 is 9.88 Å². The Hall–Kier alpha value is -2.91. The van der Waals surface area contributed by atoms with Gasteiger partial charge >= 0.3 is 0 Å². The van der Waals surface area contributed by atoms with Crippen molar-refractivity contribution in [2.75, 3.05) is 5.32 Å². The molecule has 0 saturated heterocycles. The summed E-state index contributed by atoms with van der Waals surface area (Å²) in [7, 11) is -3.60. The standard InChI is InChI=1S/C25H30N4O3S2/c1-6-14-29-23(16-34(31,32)20-11-8-17(3)9-12-20)27-28-25(29)33-22(7-2)24(30)26-21-13-10-18(4)15-19(21)5/h6,8-13,15,22H,1,7,14,16H2,2-5H3,(H,26,30). The van der Waals surface area contributed by atoms with Crippen LogP contribution < -0.4 is 5.32 Å². The lowest BCUT2D eigenvalue weighted by molar-refractivity contribution is -0.115. The Bertz CT molecular complexity index is 1280. The Morgan fingerprint density at radius 1 is 1.12 bits per heavy atom. The summed E-state index contributed by atoms with van der Waals surface area (Å²) < 4.78 is 27.6. The lowest BCUT2D eigenvalue weighted by Gasteiger charge is -2.16. The number of allylic oxidation sites excluding steroid dienone is 1. The minimum absolute atomic E-state index is 0.138. The average Bonchev–Trinajstić information content (AvgIpc) is 3.14. The van der Waals surface area contributed by atoms with Crippen molar-refractivity contribution in [1.82, 2.24) is 14.8 Å². The summed E-state index contributed by atoms with van der Waals surface area (Å²) in [5, 5.41) is 11.4. The van der Waals surface area contributed by atoms with Crippen LogP contribution in [0, 0.1) is 20.8 Å². The number of benzene rings is 2. The molecule has 0 spiro atoms. The molecule has 1 atom stereocenters. The van der Waals surface area contributed by atoms with Gasteiger partial charge in [0.1, 0.15) is 11.6 Å². The third kappa shape index (κ3) is 6.15. The van der Waals surface area contributed by atoms with Crippen molar-refractivity contribution in [3.05, 3.63) is 77.6 Å². The number of thioether (sulfide) groups is 1. The van der Waals surface area contributed by atoms with Crippen molar-refractivity contribution in [3.63, 3.8) is 0 Å². The van der Waals surface area contributed by atoms with E-state index < -0.39 is 15.1 Å². The summed E-state index contributed by atoms with van der Waals surface area (Å²) in [4.78, 5) is 13.2. The van der Waals surface area contributed by atoms with E-state index in [2.05, 4.69) is 22.1 Å². The molecule has 1 unspecified atom stereocenters. The van der Waals surface area contributed by atoms with Crippen molar-refractivity contribution in [2.24, 2.45) is 0 Å². The lowest BCUT2D eigenvalue weighted by atomic mass is 10.1. The van der Waals surface area contributed by atoms with Crippen molar-refractivity contribution in [1.29, 1.82) is 0 Å². The smallest absolute Gasteiger partial charge is 0.237 e. The zero-order chi connectivity index (χ0) is 24.9. The van der Waals surface area contributed by atoms with Crippen molar-refractivity contribution in [3.8, 4) is 0 Å². The number of carbonyl (C=O) groups excluding carboxylic acids is 1. The summed E-state index contributed by atoms with van der Waals surface area (Å²) in [5.74, 6) is -0.114. The number of aryl methyl sites for hydroxylation is 3. The average molecular weight is 499 g/mol. The lowest BCUT2D eigenvalue weighted by Crippen LogP contribution is -2.25. The first-order valence-corrected chi connectivity index (χ1v) is 13.5. The van der Waals surface area contributed by atoms with Crippen LogP contribution in [0.1, 0.15) is 35.9 Å². The molecule has 2 aromatic carbocycles. The van der Waals surface area contributed by atoms with E-state index in [0.29, 0.717) is 23.9 Å². The van der Waals surface area contributed by atoms with Gasteiger partial charge in [-0.1, -0.05) is 60.2 Å². The van der Waals surface area contributed by atoms with E-state index in [9.17, 15) is 13.2 Å². The number of nitrogens with one attached hydrogen (secondary N) is 1. The molecule has 0 aliphatic heterocycles. The third-order valence-electron chi connectivity index (χ3n) is 5.36. The maximum absolute atomic E-state index is 13.0. The number of aromatic nitrogens is 3. The molecular formula is C25H30N4O3S2. The van der Waals surface area contributed by atoms with Gasteiger partial charge in [0.15, 0.2) is 15.0 Å². The molecule has 1 heterocycles. The van der Waals surface area contributed by atoms with E-state index in [-0.39, 0.29) is 16.6 Å². The first-order chi connectivity index (χ1) is 16.1. The van der Waals surface area contributed by atoms with E-state index in [1.807, 2.05) is 45.9 Å². The first kappa shape index (κ1) is 25.7. The molecule has 0 aliphatic carbocycles. The van der Waals surface area contributed by atoms with Crippen LogP contribution in [0.15, 0.2) is 65.2 Å². The highest BCUT2D eigenvalue weighted by atomic mass is 32.2. The van der Waals surface area contributed by atoms with E-state index in [1.54, 1.807) is 34.9 Å². The number of anilines is 1. The van der Waals surface area contributed by atoms with Gasteiger partial charge in [-0.25, -0.2) is 8.42 Å². The molecule has 0 bridgehead atoms. The molecule has 0 saturated carbocycles. The SMILES string of the molecule is C=CCn1c(CS(=O)(=O)c2ccc(C)cc2)nnc1SC(CC)C(=O)Nc1ccc(C)cc1C. The number of rotatable bonds is 10. The molecule has 0 fully saturated rings. The van der Waals surface area contributed by atoms with Crippen LogP contribution in [-0.2, 0) is 26.9 Å². The number of hydrogen-bond acceptors (Lipinski definition) is 6. The van der Waals surface area contributed by atoms with E-state index in [1.165, 1.54) is 11.8 Å². The highest BCUT2D eigenvalue weighted by Gasteiger charge is 2.25. The van der Waals surface area contributed by atoms with Crippen LogP contribution in [0.3, 0.4) is 0 Å². The van der Waals surface area contributed by atoms with Crippen molar-refractivity contribution < 1.29 is 13.2 Å². The molecule has 3 aromatic rings. The van der Waals surface area contributed by atoms with E-state index >= 15 is 0 Å². The number of amides is 1. The van der Waals surface area contributed by atoms with Gasteiger partial charge in [-0.2, -0.15) is 0 Å². The molecule has 0 radical (unpaired) electrons. The molecular weight excluding hydrogens is 468 g/mol. The highest BCUT2D eigenvalue weighted by Crippen LogP contribution is 2.28. The van der Waals surface area contributed by atoms with Gasteiger partial charge in [0.25, 0.3) is 0 Å². The van der Waals surface area contributed by atoms with Crippen molar-refractivity contribution in [2.45, 2.75) is 61.7 Å². The molecule has 9 heteroatoms. The number of sulfone groups is 1. The van der Waals surface area contributed by atoms with Gasteiger partial charge in [0.2, 0.25) is 5.91 Å². The maximum atomic E-state index is 13.0. The molecule has 180 valence electrons. The normalized spacial score (nSPS) is 12.4. The Morgan fingerprint density at radius 3 is 2.41 bits per heavy atom. The van der Waals surface area contributed by atoms with Gasteiger partial charge in [0, 0.05) is 12.2 Å². The fourth-order valence-corrected chi connectivity index (χ4v) is 5.69. The third-order valence-corrected chi connectivity index (χ3v) is 8.33. The van der Waals surface area contributed by atoms with Gasteiger partial charge in [-0.15, -0.1) is 16.8 Å². The monoisotopic (exact) mass is 498 g/mol. The second kappa shape index (κ2) is 11.0. The second-order valence-electron chi connectivity index (χ2n) is 8.19. The molecule has 34 heavy (non-hydrogen) atoms. The number of nitrogens with zero attached hydrogens (tertiary/aromatic N) is 3. The quantitative estimate of drug-likeness (QED) is 0.317. The minimum atomic E-state index is -3.60. The Labute approximate surface area is 205 Å². The first-order valence-electron chi connectivity index (χ1n) is 11.0. The summed E-state index contributed by atoms with van der Waals surface area (Å²) in [5.41, 5.74) is 3.87. The molecule has 0 aliphatic rings. The van der Waals surface area contributed by atoms with Crippen LogP contribution in [0.2, 0.25) is 0 Å². The Kier molecular flexibility index (Phi) is 8.33. The predicted molar refractivity (Wildman–Crippen MR) is 137 cm³/mol. The number of hydrogen-bond donors (Lipinski definition) is 1. The van der Waals surface area contributed by atoms with Gasteiger partial charge in [0.05, 0.1) is 10.1 Å². The van der Waals surface area contributed by atoms with Crippen LogP contribution in [0.25, 0.3) is 0 Å². The Morgan fingerprint density at radius 2 is 1.79 bits per heavy atom. The van der Waals surface area contributed by atoms with Crippen LogP contribution in [0.4, 0.5) is 5.69 Å². The van der Waals surface area contributed by atoms with Crippen LogP contribution in [-0.4, -0.2) is 34.3 Å². The van der Waals surface area contributed by atoms with Crippen LogP contribution >= 0.6 is 11.8 Å². The zero-order valence-corrected chi connectivity index (χ0v) is 21.5. The predicted octanol–water partition coefficient (Wildman–Crippen LogP) is 4.87. The fourth-order valence-electron chi connectivity index (χ4n) is 3.44. The van der Waals surface area contributed by atoms with Gasteiger partial charge in [-0.3, -0.25) is 4.79 Å². The van der Waals surface area contributed by atoms with Crippen LogP contribution in [0.5, 0.6) is 0 Å². The summed E-state index contributed by atoms with van der Waals surface area (Å²) in [6.45, 7) is 11.9. The van der Waals surface area contributed by atoms with Gasteiger partial charge in [-0.05, 0) is 51.0 Å². The molecule has 3 rings (SSSR count). The summed E-state index contributed by atoms with van der Waals surface area (Å²) in [6.07, 6.45) is 2.23. The molecule has 7 nitrogen and oxygen atoms in total. The second-order valence-corrected chi connectivity index (χ2v) is 11.4. The fraction of sp³-hybridized carbons (Fsp3) is 0.320. The highest BCUT2D eigenvalue weighted by molar-refractivity contribution is 8.00. The summed E-state index contributed by atoms with van der Waals surface area (Å²) >= 11 is 1.27. The zero-order valence-electron chi connectivity index (χ0n) is 19.9. The minimum Gasteiger partial charge on any atom is -0.325 e. The largest absolute Gasteiger partial charge is 0.325 e. The van der Waals surface area contributed by atoms with E-state index in [0.717, 1.165) is 22.4 Å². The Balaban J connectivity index is 1.81. The topological polar surface area (TPSA) is 93.9 Å². The number of carbonyl (C=O) groups is 1. The van der Waals surface area contributed by atoms with E-state index in [4.69, 9.17) is 0 Å². The molecule has 1 aromatic heterocycles. The maximum Gasteiger partial charge on any atom is 0.237 e. The summed E-state index contributed by atoms with van der Waals surface area (Å²) in [6, 6.07) is 12.6. The van der Waals surface area contributed by atoms with Crippen molar-refractivity contribution >= 4 is 33.2 Å².